The highest BCUT2D eigenvalue weighted by Gasteiger charge is 2.17. The number of aryl methyl sites for hydroxylation is 2. The van der Waals surface area contributed by atoms with Gasteiger partial charge in [-0.15, -0.1) is 21.5 Å². The number of rotatable bonds is 6. The second-order valence-corrected chi connectivity index (χ2v) is 6.98. The lowest BCUT2D eigenvalue weighted by Crippen LogP contribution is -2.30. The van der Waals surface area contributed by atoms with Crippen molar-refractivity contribution in [2.75, 3.05) is 0 Å². The van der Waals surface area contributed by atoms with Gasteiger partial charge in [0.15, 0.2) is 0 Å². The molecule has 0 saturated carbocycles. The summed E-state index contributed by atoms with van der Waals surface area (Å²) >= 11 is 1.42. The second-order valence-electron chi connectivity index (χ2n) is 6.07. The van der Waals surface area contributed by atoms with Crippen molar-refractivity contribution in [3.63, 3.8) is 0 Å². The topological polar surface area (TPSA) is 81.3 Å². The fraction of sp³-hybridized carbons (Fsp3) is 0.500. The molecule has 0 spiro atoms. The first-order valence-electron chi connectivity index (χ1n) is 8.16. The minimum Gasteiger partial charge on any atom is -0.354 e. The Morgan fingerprint density at radius 2 is 2.17 bits per heavy atom. The molecule has 0 fully saturated rings. The average molecular weight is 347 g/mol. The normalized spacial score (nSPS) is 11.7. The van der Waals surface area contributed by atoms with Crippen LogP contribution in [0.4, 0.5) is 0 Å². The first kappa shape index (κ1) is 16.6. The maximum Gasteiger partial charge on any atom is 0.272 e. The summed E-state index contributed by atoms with van der Waals surface area (Å²) in [6.45, 7) is 6.49. The predicted octanol–water partition coefficient (Wildman–Crippen LogP) is 1.97. The Labute approximate surface area is 143 Å². The molecule has 3 aromatic heterocycles. The van der Waals surface area contributed by atoms with E-state index in [2.05, 4.69) is 15.5 Å². The van der Waals surface area contributed by atoms with Crippen LogP contribution in [-0.4, -0.2) is 31.1 Å². The van der Waals surface area contributed by atoms with Crippen LogP contribution in [0, 0.1) is 0 Å². The summed E-state index contributed by atoms with van der Waals surface area (Å²) in [5, 5.41) is 13.2. The number of amides is 1. The van der Waals surface area contributed by atoms with E-state index in [1.54, 1.807) is 4.57 Å². The molecule has 1 amide bonds. The minimum atomic E-state index is -0.0224. The molecule has 0 aliphatic rings. The number of aromatic nitrogens is 4. The second kappa shape index (κ2) is 6.72. The van der Waals surface area contributed by atoms with Gasteiger partial charge >= 0.3 is 0 Å². The van der Waals surface area contributed by atoms with Crippen LogP contribution in [0.15, 0.2) is 16.2 Å². The average Bonchev–Trinajstić information content (AvgIpc) is 3.15. The van der Waals surface area contributed by atoms with E-state index in [9.17, 15) is 9.59 Å². The number of hydrogen-bond acceptors (Lipinski definition) is 5. The highest BCUT2D eigenvalue weighted by Crippen LogP contribution is 2.20. The molecule has 24 heavy (non-hydrogen) atoms. The lowest BCUT2D eigenvalue weighted by atomic mass is 10.2. The van der Waals surface area contributed by atoms with E-state index in [0.29, 0.717) is 35.7 Å². The van der Waals surface area contributed by atoms with Crippen molar-refractivity contribution < 1.29 is 4.79 Å². The number of hydrogen-bond donors (Lipinski definition) is 1. The molecule has 0 saturated heterocycles. The minimum absolute atomic E-state index is 0.00908. The highest BCUT2D eigenvalue weighted by atomic mass is 32.1. The van der Waals surface area contributed by atoms with Gasteiger partial charge in [0.25, 0.3) is 5.56 Å². The molecule has 0 atom stereocenters. The Kier molecular flexibility index (Phi) is 4.66. The number of carbonyl (C=O) groups is 1. The van der Waals surface area contributed by atoms with Crippen molar-refractivity contribution in [1.29, 1.82) is 0 Å². The van der Waals surface area contributed by atoms with E-state index in [4.69, 9.17) is 0 Å². The van der Waals surface area contributed by atoms with Crippen molar-refractivity contribution in [1.82, 2.24) is 24.5 Å². The van der Waals surface area contributed by atoms with Gasteiger partial charge in [0.05, 0.1) is 5.52 Å². The first-order chi connectivity index (χ1) is 11.5. The molecular weight excluding hydrogens is 326 g/mol. The Hall–Kier alpha value is -2.22. The zero-order valence-electron chi connectivity index (χ0n) is 14.1. The SMILES string of the molecule is CCCn1c(=O)c2sccc2n2c(CCC(=O)NC(C)C)nnc12. The van der Waals surface area contributed by atoms with Crippen molar-refractivity contribution in [2.24, 2.45) is 0 Å². The van der Waals surface area contributed by atoms with Crippen LogP contribution < -0.4 is 10.9 Å². The van der Waals surface area contributed by atoms with Gasteiger partial charge in [-0.3, -0.25) is 18.6 Å². The third kappa shape index (κ3) is 2.93. The number of thiophene rings is 1. The van der Waals surface area contributed by atoms with E-state index in [1.807, 2.05) is 36.6 Å². The van der Waals surface area contributed by atoms with E-state index in [-0.39, 0.29) is 17.5 Å². The Morgan fingerprint density at radius 3 is 2.88 bits per heavy atom. The summed E-state index contributed by atoms with van der Waals surface area (Å²) in [5.74, 6) is 1.24. The highest BCUT2D eigenvalue weighted by molar-refractivity contribution is 7.17. The predicted molar refractivity (Wildman–Crippen MR) is 94.5 cm³/mol. The first-order valence-corrected chi connectivity index (χ1v) is 9.04. The van der Waals surface area contributed by atoms with Gasteiger partial charge in [-0.05, 0) is 31.7 Å². The molecule has 0 unspecified atom stereocenters. The number of nitrogens with one attached hydrogen (secondary N) is 1. The number of fused-ring (bicyclic) bond motifs is 3. The molecular formula is C16H21N5O2S. The largest absolute Gasteiger partial charge is 0.354 e. The summed E-state index contributed by atoms with van der Waals surface area (Å²) in [5.41, 5.74) is 0.794. The van der Waals surface area contributed by atoms with E-state index < -0.39 is 0 Å². The Bertz CT molecular complexity index is 937. The summed E-state index contributed by atoms with van der Waals surface area (Å²) in [6, 6.07) is 2.03. The summed E-state index contributed by atoms with van der Waals surface area (Å²) in [6.07, 6.45) is 1.66. The van der Waals surface area contributed by atoms with Crippen LogP contribution in [0.3, 0.4) is 0 Å². The van der Waals surface area contributed by atoms with Crippen molar-refractivity contribution in [3.8, 4) is 0 Å². The van der Waals surface area contributed by atoms with Crippen LogP contribution in [0.25, 0.3) is 16.0 Å². The molecule has 3 aromatic rings. The number of carbonyl (C=O) groups excluding carboxylic acids is 1. The molecule has 128 valence electrons. The molecule has 8 heteroatoms. The fourth-order valence-electron chi connectivity index (χ4n) is 2.79. The van der Waals surface area contributed by atoms with Crippen molar-refractivity contribution in [3.05, 3.63) is 27.6 Å². The standard InChI is InChI=1S/C16H21N5O2S/c1-4-8-20-15(23)14-11(7-9-24-14)21-12(18-19-16(20)21)5-6-13(22)17-10(2)3/h7,9-10H,4-6,8H2,1-3H3,(H,17,22). The van der Waals surface area contributed by atoms with E-state index in [1.165, 1.54) is 11.3 Å². The van der Waals surface area contributed by atoms with Crippen molar-refractivity contribution in [2.45, 2.75) is 52.6 Å². The summed E-state index contributed by atoms with van der Waals surface area (Å²) in [4.78, 5) is 24.5. The fourth-order valence-corrected chi connectivity index (χ4v) is 3.61. The molecule has 3 rings (SSSR count). The van der Waals surface area contributed by atoms with Crippen LogP contribution in [0.5, 0.6) is 0 Å². The molecule has 0 aliphatic heterocycles. The monoisotopic (exact) mass is 347 g/mol. The molecule has 0 aromatic carbocycles. The summed E-state index contributed by atoms with van der Waals surface area (Å²) in [7, 11) is 0. The maximum absolute atomic E-state index is 12.6. The van der Waals surface area contributed by atoms with Gasteiger partial charge in [-0.25, -0.2) is 0 Å². The van der Waals surface area contributed by atoms with Crippen LogP contribution >= 0.6 is 11.3 Å². The van der Waals surface area contributed by atoms with Crippen LogP contribution in [-0.2, 0) is 17.8 Å². The third-order valence-electron chi connectivity index (χ3n) is 3.75. The van der Waals surface area contributed by atoms with Gasteiger partial charge in [0, 0.05) is 25.4 Å². The van der Waals surface area contributed by atoms with Crippen LogP contribution in [0.2, 0.25) is 0 Å². The molecule has 0 bridgehead atoms. The maximum atomic E-state index is 12.6. The van der Waals surface area contributed by atoms with Crippen molar-refractivity contribution >= 4 is 33.2 Å². The van der Waals surface area contributed by atoms with Gasteiger partial charge in [-0.2, -0.15) is 0 Å². The van der Waals surface area contributed by atoms with E-state index in [0.717, 1.165) is 11.9 Å². The van der Waals surface area contributed by atoms with E-state index >= 15 is 0 Å². The lowest BCUT2D eigenvalue weighted by Gasteiger charge is -2.09. The Morgan fingerprint density at radius 1 is 1.38 bits per heavy atom. The van der Waals surface area contributed by atoms with Gasteiger partial charge in [-0.1, -0.05) is 6.92 Å². The van der Waals surface area contributed by atoms with Gasteiger partial charge in [0.2, 0.25) is 11.7 Å². The zero-order chi connectivity index (χ0) is 17.3. The van der Waals surface area contributed by atoms with Crippen LogP contribution in [0.1, 0.15) is 39.4 Å². The zero-order valence-corrected chi connectivity index (χ0v) is 14.9. The number of nitrogens with zero attached hydrogens (tertiary/aromatic N) is 4. The van der Waals surface area contributed by atoms with Gasteiger partial charge in [0.1, 0.15) is 10.5 Å². The molecule has 0 aliphatic carbocycles. The summed E-state index contributed by atoms with van der Waals surface area (Å²) < 4.78 is 4.28. The molecule has 0 radical (unpaired) electrons. The quantitative estimate of drug-likeness (QED) is 0.739. The molecule has 3 heterocycles. The lowest BCUT2D eigenvalue weighted by molar-refractivity contribution is -0.121. The Balaban J connectivity index is 2.04. The molecule has 1 N–H and O–H groups in total. The van der Waals surface area contributed by atoms with Gasteiger partial charge < -0.3 is 5.32 Å². The third-order valence-corrected chi connectivity index (χ3v) is 4.64. The molecule has 7 nitrogen and oxygen atoms in total. The smallest absolute Gasteiger partial charge is 0.272 e.